The van der Waals surface area contributed by atoms with Gasteiger partial charge in [-0.15, -0.1) is 0 Å². The van der Waals surface area contributed by atoms with Crippen molar-refractivity contribution in [1.29, 1.82) is 0 Å². The number of nitrogens with zero attached hydrogens (tertiary/aromatic N) is 5. The van der Waals surface area contributed by atoms with Gasteiger partial charge in [0.05, 0.1) is 11.2 Å². The molecule has 8 nitrogen and oxygen atoms in total. The third-order valence-electron chi connectivity index (χ3n) is 3.29. The van der Waals surface area contributed by atoms with Crippen LogP contribution in [0.4, 0.5) is 0 Å². The van der Waals surface area contributed by atoms with E-state index in [9.17, 15) is 13.5 Å². The lowest BCUT2D eigenvalue weighted by molar-refractivity contribution is 0.411. The van der Waals surface area contributed by atoms with E-state index < -0.39 is 10.0 Å². The highest BCUT2D eigenvalue weighted by atomic mass is 35.5. The Morgan fingerprint density at radius 1 is 1.26 bits per heavy atom. The minimum absolute atomic E-state index is 0.0145. The number of fused-ring (bicyclic) bond motifs is 1. The molecular weight excluding hydrogens is 342 g/mol. The Labute approximate surface area is 137 Å². The van der Waals surface area contributed by atoms with Gasteiger partial charge in [-0.25, -0.2) is 17.7 Å². The summed E-state index contributed by atoms with van der Waals surface area (Å²) in [5, 5.41) is 13.8. The van der Waals surface area contributed by atoms with Gasteiger partial charge in [0.15, 0.2) is 5.65 Å². The molecule has 0 radical (unpaired) electrons. The van der Waals surface area contributed by atoms with Crippen LogP contribution in [0.5, 0.6) is 6.01 Å². The fourth-order valence-corrected chi connectivity index (χ4v) is 3.47. The molecule has 0 aliphatic carbocycles. The van der Waals surface area contributed by atoms with Gasteiger partial charge in [0, 0.05) is 19.7 Å². The monoisotopic (exact) mass is 353 g/mol. The van der Waals surface area contributed by atoms with Gasteiger partial charge >= 0.3 is 6.01 Å². The summed E-state index contributed by atoms with van der Waals surface area (Å²) in [6.45, 7) is 0. The molecule has 0 fully saturated rings. The van der Waals surface area contributed by atoms with Crippen LogP contribution in [0.3, 0.4) is 0 Å². The van der Waals surface area contributed by atoms with E-state index in [4.69, 9.17) is 11.6 Å². The predicted octanol–water partition coefficient (Wildman–Crippen LogP) is 1.40. The van der Waals surface area contributed by atoms with Gasteiger partial charge in [0.25, 0.3) is 0 Å². The van der Waals surface area contributed by atoms with E-state index in [1.807, 2.05) is 0 Å². The molecule has 0 saturated carbocycles. The first-order chi connectivity index (χ1) is 10.8. The van der Waals surface area contributed by atoms with Crippen molar-refractivity contribution in [2.45, 2.75) is 4.90 Å². The lowest BCUT2D eigenvalue weighted by atomic mass is 10.1. The lowest BCUT2D eigenvalue weighted by Crippen LogP contribution is -2.22. The summed E-state index contributed by atoms with van der Waals surface area (Å²) < 4.78 is 26.9. The summed E-state index contributed by atoms with van der Waals surface area (Å²) in [7, 11) is -0.832. The van der Waals surface area contributed by atoms with E-state index in [1.54, 1.807) is 6.07 Å². The maximum absolute atomic E-state index is 12.3. The average molecular weight is 354 g/mol. The average Bonchev–Trinajstić information content (AvgIpc) is 2.93. The second-order valence-corrected chi connectivity index (χ2v) is 7.43. The van der Waals surface area contributed by atoms with Crippen LogP contribution in [0.15, 0.2) is 35.6 Å². The van der Waals surface area contributed by atoms with Crippen LogP contribution in [0.25, 0.3) is 16.8 Å². The quantitative estimate of drug-likeness (QED) is 0.763. The molecule has 120 valence electrons. The van der Waals surface area contributed by atoms with E-state index in [1.165, 1.54) is 38.8 Å². The molecule has 2 heterocycles. The van der Waals surface area contributed by atoms with Crippen molar-refractivity contribution in [3.05, 3.63) is 35.7 Å². The topological polar surface area (TPSA) is 101 Å². The van der Waals surface area contributed by atoms with Crippen molar-refractivity contribution < 1.29 is 13.5 Å². The van der Waals surface area contributed by atoms with Crippen LogP contribution in [0.2, 0.25) is 5.02 Å². The van der Waals surface area contributed by atoms with Crippen molar-refractivity contribution in [1.82, 2.24) is 23.9 Å². The van der Waals surface area contributed by atoms with Gasteiger partial charge in [-0.3, -0.25) is 0 Å². The molecule has 23 heavy (non-hydrogen) atoms. The zero-order chi connectivity index (χ0) is 16.8. The van der Waals surface area contributed by atoms with Crippen LogP contribution < -0.4 is 0 Å². The van der Waals surface area contributed by atoms with Crippen LogP contribution in [0.1, 0.15) is 0 Å². The van der Waals surface area contributed by atoms with E-state index in [0.717, 1.165) is 8.82 Å². The van der Waals surface area contributed by atoms with Gasteiger partial charge in [-0.1, -0.05) is 17.7 Å². The third-order valence-corrected chi connectivity index (χ3v) is 5.58. The first-order valence-corrected chi connectivity index (χ1v) is 8.24. The molecule has 0 aliphatic rings. The fourth-order valence-electron chi connectivity index (χ4n) is 2.07. The third kappa shape index (κ3) is 2.52. The summed E-state index contributed by atoms with van der Waals surface area (Å²) in [4.78, 5) is 7.68. The molecule has 10 heteroatoms. The number of rotatable bonds is 3. The minimum Gasteiger partial charge on any atom is -0.479 e. The van der Waals surface area contributed by atoms with E-state index >= 15 is 0 Å². The summed E-state index contributed by atoms with van der Waals surface area (Å²) in [6.07, 6.45) is 2.67. The number of halogens is 1. The Kier molecular flexibility index (Phi) is 3.71. The molecule has 0 bridgehead atoms. The number of aromatic hydroxyl groups is 1. The maximum atomic E-state index is 12.3. The molecule has 0 spiro atoms. The van der Waals surface area contributed by atoms with Crippen LogP contribution in [-0.2, 0) is 10.0 Å². The Hall–Kier alpha value is -2.23. The summed E-state index contributed by atoms with van der Waals surface area (Å²) in [6, 6.07) is 4.30. The van der Waals surface area contributed by atoms with Gasteiger partial charge in [0.2, 0.25) is 10.0 Å². The molecule has 3 aromatic rings. The smallest absolute Gasteiger partial charge is 0.318 e. The standard InChI is InChI=1S/C13H12ClN5O3S/c1-18(2)23(21,22)11-5-8(3-4-10(11)14)9-6-17-19-12(9)15-7-16-13(19)20/h3-7H,1-2H3,(H,15,16,20). The van der Waals surface area contributed by atoms with Gasteiger partial charge in [-0.05, 0) is 17.7 Å². The highest BCUT2D eigenvalue weighted by Gasteiger charge is 2.22. The maximum Gasteiger partial charge on any atom is 0.318 e. The zero-order valence-electron chi connectivity index (χ0n) is 12.2. The first-order valence-electron chi connectivity index (χ1n) is 6.42. The van der Waals surface area contributed by atoms with Crippen LogP contribution >= 0.6 is 11.6 Å². The summed E-state index contributed by atoms with van der Waals surface area (Å²) in [5.74, 6) is 0. The van der Waals surface area contributed by atoms with Crippen molar-refractivity contribution in [3.8, 4) is 17.1 Å². The first kappa shape index (κ1) is 15.7. The zero-order valence-corrected chi connectivity index (χ0v) is 13.7. The second-order valence-electron chi connectivity index (χ2n) is 4.90. The predicted molar refractivity (Wildman–Crippen MR) is 83.8 cm³/mol. The Morgan fingerprint density at radius 3 is 2.70 bits per heavy atom. The number of hydrogen-bond acceptors (Lipinski definition) is 6. The fraction of sp³-hybridized carbons (Fsp3) is 0.154. The summed E-state index contributed by atoms with van der Waals surface area (Å²) >= 11 is 6.04. The highest BCUT2D eigenvalue weighted by molar-refractivity contribution is 7.89. The van der Waals surface area contributed by atoms with Crippen molar-refractivity contribution in [2.24, 2.45) is 0 Å². The lowest BCUT2D eigenvalue weighted by Gasteiger charge is -2.13. The molecule has 1 aromatic carbocycles. The van der Waals surface area contributed by atoms with Gasteiger partial charge < -0.3 is 5.11 Å². The highest BCUT2D eigenvalue weighted by Crippen LogP contribution is 2.31. The van der Waals surface area contributed by atoms with Crippen molar-refractivity contribution in [3.63, 3.8) is 0 Å². The number of benzene rings is 1. The Morgan fingerprint density at radius 2 is 2.00 bits per heavy atom. The number of hydrogen-bond donors (Lipinski definition) is 1. The molecule has 0 amide bonds. The largest absolute Gasteiger partial charge is 0.479 e. The van der Waals surface area contributed by atoms with Gasteiger partial charge in [0.1, 0.15) is 11.2 Å². The second kappa shape index (κ2) is 5.44. The Balaban J connectivity index is 2.24. The SMILES string of the molecule is CN(C)S(=O)(=O)c1cc(-c2cnn3c(O)ncnc23)ccc1Cl. The molecule has 0 aliphatic heterocycles. The molecule has 0 saturated heterocycles. The van der Waals surface area contributed by atoms with Crippen LogP contribution in [0, 0.1) is 0 Å². The molecule has 2 aromatic heterocycles. The van der Waals surface area contributed by atoms with Crippen LogP contribution in [-0.4, -0.2) is 51.5 Å². The summed E-state index contributed by atoms with van der Waals surface area (Å²) in [5.41, 5.74) is 1.46. The van der Waals surface area contributed by atoms with Crippen molar-refractivity contribution >= 4 is 27.3 Å². The van der Waals surface area contributed by atoms with Gasteiger partial charge in [-0.2, -0.15) is 14.6 Å². The minimum atomic E-state index is -3.69. The molecular formula is C13H12ClN5O3S. The Bertz CT molecular complexity index is 1000. The van der Waals surface area contributed by atoms with E-state index in [-0.39, 0.29) is 15.9 Å². The molecule has 1 N–H and O–H groups in total. The molecule has 0 atom stereocenters. The molecule has 0 unspecified atom stereocenters. The van der Waals surface area contributed by atoms with E-state index in [2.05, 4.69) is 15.1 Å². The number of aromatic nitrogens is 4. The normalized spacial score (nSPS) is 12.2. The van der Waals surface area contributed by atoms with Crippen molar-refractivity contribution in [2.75, 3.05) is 14.1 Å². The van der Waals surface area contributed by atoms with E-state index in [0.29, 0.717) is 16.8 Å². The number of sulfonamides is 1. The molecule has 3 rings (SSSR count).